The van der Waals surface area contributed by atoms with Crippen LogP contribution in [0.1, 0.15) is 10.4 Å². The van der Waals surface area contributed by atoms with Crippen molar-refractivity contribution in [3.8, 4) is 5.69 Å². The van der Waals surface area contributed by atoms with Crippen LogP contribution in [0.3, 0.4) is 0 Å². The van der Waals surface area contributed by atoms with Gasteiger partial charge in [-0.1, -0.05) is 29.8 Å². The van der Waals surface area contributed by atoms with Gasteiger partial charge in [-0.3, -0.25) is 9.36 Å². The van der Waals surface area contributed by atoms with E-state index < -0.39 is 6.09 Å². The Morgan fingerprint density at radius 2 is 1.73 bits per heavy atom. The zero-order valence-corrected chi connectivity index (χ0v) is 15.3. The Kier molecular flexibility index (Phi) is 4.34. The van der Waals surface area contributed by atoms with Crippen LogP contribution in [-0.2, 0) is 0 Å². The number of amides is 2. The van der Waals surface area contributed by atoms with Gasteiger partial charge in [-0.15, -0.1) is 0 Å². The monoisotopic (exact) mass is 389 g/mol. The number of halogens is 1. The molecule has 3 heterocycles. The van der Waals surface area contributed by atoms with Gasteiger partial charge in [0.2, 0.25) is 0 Å². The molecule has 0 radical (unpaired) electrons. The summed E-state index contributed by atoms with van der Waals surface area (Å²) in [6.45, 7) is 1.34. The van der Waals surface area contributed by atoms with Crippen LogP contribution in [0.15, 0.2) is 41.1 Å². The molecule has 3 aromatic rings. The van der Waals surface area contributed by atoms with Crippen LogP contribution in [-0.4, -0.2) is 57.7 Å². The maximum atomic E-state index is 13.2. The second-order valence-corrected chi connectivity index (χ2v) is 7.20. The van der Waals surface area contributed by atoms with E-state index in [-0.39, 0.29) is 5.91 Å². The molecule has 1 aliphatic heterocycles. The Balaban J connectivity index is 1.74. The number of thiophene rings is 1. The average molecular weight is 390 g/mol. The van der Waals surface area contributed by atoms with E-state index in [0.717, 1.165) is 16.6 Å². The van der Waals surface area contributed by atoms with Crippen LogP contribution in [0.2, 0.25) is 5.15 Å². The largest absolute Gasteiger partial charge is 0.465 e. The third-order valence-corrected chi connectivity index (χ3v) is 5.66. The fourth-order valence-electron chi connectivity index (χ4n) is 3.31. The number of fused-ring (bicyclic) bond motifs is 1. The lowest BCUT2D eigenvalue weighted by molar-refractivity contribution is 0.0626. The summed E-state index contributed by atoms with van der Waals surface area (Å²) in [6, 6.07) is 9.60. The van der Waals surface area contributed by atoms with Crippen LogP contribution >= 0.6 is 22.9 Å². The van der Waals surface area contributed by atoms with Crippen LogP contribution in [0.5, 0.6) is 0 Å². The first-order valence-corrected chi connectivity index (χ1v) is 9.48. The quantitative estimate of drug-likeness (QED) is 0.725. The van der Waals surface area contributed by atoms with Crippen LogP contribution in [0.25, 0.3) is 16.6 Å². The number of benzene rings is 1. The number of hydrogen-bond acceptors (Lipinski definition) is 3. The molecule has 0 aliphatic carbocycles. The molecule has 1 fully saturated rings. The minimum atomic E-state index is -0.954. The minimum Gasteiger partial charge on any atom is -0.465 e. The number of carbonyl (C=O) groups excluding carboxylic acids is 1. The van der Waals surface area contributed by atoms with Gasteiger partial charge in [0.1, 0.15) is 5.15 Å². The Morgan fingerprint density at radius 1 is 1.04 bits per heavy atom. The van der Waals surface area contributed by atoms with Crippen molar-refractivity contribution in [2.24, 2.45) is 0 Å². The molecule has 0 bridgehead atoms. The van der Waals surface area contributed by atoms with Crippen molar-refractivity contribution in [1.82, 2.24) is 14.4 Å². The summed E-state index contributed by atoms with van der Waals surface area (Å²) in [5.74, 6) is -0.162. The fraction of sp³-hybridized carbons (Fsp3) is 0.222. The van der Waals surface area contributed by atoms with Crippen molar-refractivity contribution in [2.75, 3.05) is 26.2 Å². The molecule has 0 saturated carbocycles. The topological polar surface area (TPSA) is 65.8 Å². The van der Waals surface area contributed by atoms with Crippen molar-refractivity contribution in [3.05, 3.63) is 51.8 Å². The zero-order valence-electron chi connectivity index (χ0n) is 13.8. The van der Waals surface area contributed by atoms with Gasteiger partial charge in [0, 0.05) is 36.9 Å². The van der Waals surface area contributed by atoms with E-state index in [1.54, 1.807) is 16.2 Å². The van der Waals surface area contributed by atoms with E-state index in [1.807, 2.05) is 45.7 Å². The van der Waals surface area contributed by atoms with Crippen LogP contribution in [0, 0.1) is 0 Å². The Morgan fingerprint density at radius 3 is 2.38 bits per heavy atom. The summed E-state index contributed by atoms with van der Waals surface area (Å²) in [5.41, 5.74) is 2.27. The summed E-state index contributed by atoms with van der Waals surface area (Å²) in [6.07, 6.45) is -0.954. The summed E-state index contributed by atoms with van der Waals surface area (Å²) >= 11 is 8.22. The standard InChI is InChI=1S/C18H16ClN3O3S/c19-16-15(17(23)20-6-8-21(9-7-20)18(24)25)13-3-1-2-4-14(13)22(16)12-5-10-26-11-12/h1-5,10-11H,6-9H2,(H,24,25). The van der Waals surface area contributed by atoms with Gasteiger partial charge in [0.15, 0.2) is 0 Å². The van der Waals surface area contributed by atoms with Crippen molar-refractivity contribution >= 4 is 45.8 Å². The van der Waals surface area contributed by atoms with E-state index in [9.17, 15) is 9.59 Å². The van der Waals surface area contributed by atoms with E-state index in [4.69, 9.17) is 16.7 Å². The first-order chi connectivity index (χ1) is 12.6. The molecule has 1 N–H and O–H groups in total. The number of hydrogen-bond donors (Lipinski definition) is 1. The van der Waals surface area contributed by atoms with Gasteiger partial charge in [-0.25, -0.2) is 4.79 Å². The number of carbonyl (C=O) groups is 2. The molecule has 6 nitrogen and oxygen atoms in total. The maximum Gasteiger partial charge on any atom is 0.407 e. The predicted molar refractivity (Wildman–Crippen MR) is 102 cm³/mol. The molecular weight excluding hydrogens is 374 g/mol. The maximum absolute atomic E-state index is 13.2. The summed E-state index contributed by atoms with van der Waals surface area (Å²) in [4.78, 5) is 27.2. The van der Waals surface area contributed by atoms with Gasteiger partial charge in [0.25, 0.3) is 5.91 Å². The zero-order chi connectivity index (χ0) is 18.3. The molecule has 1 saturated heterocycles. The Hall–Kier alpha value is -2.51. The van der Waals surface area contributed by atoms with Gasteiger partial charge in [-0.2, -0.15) is 11.3 Å². The highest BCUT2D eigenvalue weighted by atomic mass is 35.5. The smallest absolute Gasteiger partial charge is 0.407 e. The molecule has 0 atom stereocenters. The normalized spacial score (nSPS) is 14.8. The lowest BCUT2D eigenvalue weighted by Gasteiger charge is -2.33. The lowest BCUT2D eigenvalue weighted by Crippen LogP contribution is -2.50. The number of aromatic nitrogens is 1. The molecule has 26 heavy (non-hydrogen) atoms. The highest BCUT2D eigenvalue weighted by molar-refractivity contribution is 7.08. The summed E-state index contributed by atoms with van der Waals surface area (Å²) in [7, 11) is 0. The van der Waals surface area contributed by atoms with Gasteiger partial charge in [-0.05, 0) is 17.5 Å². The number of nitrogens with zero attached hydrogens (tertiary/aromatic N) is 3. The first-order valence-electron chi connectivity index (χ1n) is 8.16. The third kappa shape index (κ3) is 2.73. The Labute approximate surface area is 158 Å². The number of para-hydroxylation sites is 1. The lowest BCUT2D eigenvalue weighted by atomic mass is 10.1. The van der Waals surface area contributed by atoms with E-state index in [0.29, 0.717) is 36.9 Å². The highest BCUT2D eigenvalue weighted by Gasteiger charge is 2.29. The molecule has 1 aromatic carbocycles. The molecular formula is C18H16ClN3O3S. The SMILES string of the molecule is O=C(O)N1CCN(C(=O)c2c(Cl)n(-c3ccsc3)c3ccccc23)CC1. The minimum absolute atomic E-state index is 0.162. The van der Waals surface area contributed by atoms with Crippen molar-refractivity contribution in [2.45, 2.75) is 0 Å². The molecule has 0 spiro atoms. The Bertz CT molecular complexity index is 975. The van der Waals surface area contributed by atoms with Crippen LogP contribution in [0.4, 0.5) is 4.79 Å². The molecule has 2 amide bonds. The molecule has 0 unspecified atom stereocenters. The van der Waals surface area contributed by atoms with E-state index in [2.05, 4.69) is 0 Å². The third-order valence-electron chi connectivity index (χ3n) is 4.63. The molecule has 2 aromatic heterocycles. The molecule has 8 heteroatoms. The second-order valence-electron chi connectivity index (χ2n) is 6.06. The van der Waals surface area contributed by atoms with Crippen LogP contribution < -0.4 is 0 Å². The van der Waals surface area contributed by atoms with Crippen molar-refractivity contribution < 1.29 is 14.7 Å². The van der Waals surface area contributed by atoms with Crippen molar-refractivity contribution in [1.29, 1.82) is 0 Å². The predicted octanol–water partition coefficient (Wildman–Crippen LogP) is 3.78. The molecule has 134 valence electrons. The molecule has 4 rings (SSSR count). The summed E-state index contributed by atoms with van der Waals surface area (Å²) < 4.78 is 1.88. The molecule has 1 aliphatic rings. The first kappa shape index (κ1) is 16.9. The van der Waals surface area contributed by atoms with Crippen molar-refractivity contribution in [3.63, 3.8) is 0 Å². The average Bonchev–Trinajstić information content (AvgIpc) is 3.26. The van der Waals surface area contributed by atoms with Gasteiger partial charge in [0.05, 0.1) is 16.8 Å². The number of rotatable bonds is 2. The summed E-state index contributed by atoms with van der Waals surface area (Å²) in [5, 5.41) is 14.2. The van der Waals surface area contributed by atoms with E-state index >= 15 is 0 Å². The number of carboxylic acid groups (broad SMARTS) is 1. The number of piperazine rings is 1. The second kappa shape index (κ2) is 6.66. The van der Waals surface area contributed by atoms with Gasteiger partial charge < -0.3 is 14.9 Å². The highest BCUT2D eigenvalue weighted by Crippen LogP contribution is 2.34. The van der Waals surface area contributed by atoms with E-state index in [1.165, 1.54) is 4.90 Å². The van der Waals surface area contributed by atoms with Gasteiger partial charge >= 0.3 is 6.09 Å². The fourth-order valence-corrected chi connectivity index (χ4v) is 4.30.